The number of hydrogen-bond acceptors (Lipinski definition) is 1. The molecule has 1 aromatic rings. The molecular weight excluding hydrogens is 326 g/mol. The summed E-state index contributed by atoms with van der Waals surface area (Å²) in [6, 6.07) is 5.58. The van der Waals surface area contributed by atoms with Gasteiger partial charge in [-0.25, -0.2) is 0 Å². The van der Waals surface area contributed by atoms with Crippen molar-refractivity contribution in [3.05, 3.63) is 33.3 Å². The van der Waals surface area contributed by atoms with Crippen LogP contribution in [0.3, 0.4) is 0 Å². The van der Waals surface area contributed by atoms with Gasteiger partial charge in [-0.05, 0) is 58.8 Å². The van der Waals surface area contributed by atoms with Gasteiger partial charge in [-0.2, -0.15) is 0 Å². The average Bonchev–Trinajstić information content (AvgIpc) is 2.73. The van der Waals surface area contributed by atoms with Crippen LogP contribution < -0.4 is 5.32 Å². The highest BCUT2D eigenvalue weighted by Crippen LogP contribution is 2.34. The molecule has 3 unspecified atom stereocenters. The molecule has 1 saturated carbocycles. The van der Waals surface area contributed by atoms with Crippen LogP contribution in [-0.4, -0.2) is 11.9 Å². The number of carbonyl (C=O) groups excluding carboxylic acids is 1. The van der Waals surface area contributed by atoms with Crippen LogP contribution in [0.1, 0.15) is 43.5 Å². The second kappa shape index (κ2) is 6.27. The van der Waals surface area contributed by atoms with Gasteiger partial charge in [-0.3, -0.25) is 4.79 Å². The summed E-state index contributed by atoms with van der Waals surface area (Å²) in [6.07, 6.45) is 3.49. The molecule has 1 aliphatic rings. The van der Waals surface area contributed by atoms with Crippen molar-refractivity contribution in [1.29, 1.82) is 0 Å². The van der Waals surface area contributed by atoms with Crippen molar-refractivity contribution in [2.75, 3.05) is 0 Å². The molecule has 1 aliphatic carbocycles. The second-order valence-corrected chi connectivity index (χ2v) is 6.58. The highest BCUT2D eigenvalue weighted by molar-refractivity contribution is 9.10. The van der Waals surface area contributed by atoms with E-state index < -0.39 is 0 Å². The van der Waals surface area contributed by atoms with E-state index in [1.54, 1.807) is 18.2 Å². The van der Waals surface area contributed by atoms with Crippen LogP contribution in [0.5, 0.6) is 0 Å². The average molecular weight is 345 g/mol. The van der Waals surface area contributed by atoms with Crippen molar-refractivity contribution in [3.8, 4) is 0 Å². The first-order valence-electron chi connectivity index (χ1n) is 6.78. The van der Waals surface area contributed by atoms with Gasteiger partial charge in [0.15, 0.2) is 0 Å². The Labute approximate surface area is 128 Å². The zero-order valence-electron chi connectivity index (χ0n) is 11.2. The fourth-order valence-electron chi connectivity index (χ4n) is 2.92. The molecule has 1 aromatic carbocycles. The Morgan fingerprint density at radius 2 is 2.21 bits per heavy atom. The van der Waals surface area contributed by atoms with Gasteiger partial charge in [0.1, 0.15) is 0 Å². The summed E-state index contributed by atoms with van der Waals surface area (Å²) in [7, 11) is 0. The van der Waals surface area contributed by atoms with Gasteiger partial charge >= 0.3 is 0 Å². The quantitative estimate of drug-likeness (QED) is 0.849. The SMILES string of the molecule is CCC1CCC(NC(=O)c2ccc(Cl)c(Br)c2)C1C. The van der Waals surface area contributed by atoms with Gasteiger partial charge in [-0.15, -0.1) is 0 Å². The summed E-state index contributed by atoms with van der Waals surface area (Å²) in [5, 5.41) is 3.78. The molecule has 1 amide bonds. The van der Waals surface area contributed by atoms with Crippen LogP contribution >= 0.6 is 27.5 Å². The third kappa shape index (κ3) is 3.32. The first-order chi connectivity index (χ1) is 9.02. The molecule has 2 rings (SSSR count). The molecule has 0 spiro atoms. The summed E-state index contributed by atoms with van der Waals surface area (Å²) in [6.45, 7) is 4.46. The highest BCUT2D eigenvalue weighted by Gasteiger charge is 2.32. The number of benzene rings is 1. The third-order valence-electron chi connectivity index (χ3n) is 4.25. The highest BCUT2D eigenvalue weighted by atomic mass is 79.9. The minimum Gasteiger partial charge on any atom is -0.349 e. The first kappa shape index (κ1) is 14.9. The summed E-state index contributed by atoms with van der Waals surface area (Å²) >= 11 is 9.29. The Morgan fingerprint density at radius 3 is 2.79 bits per heavy atom. The van der Waals surface area contributed by atoms with E-state index in [0.29, 0.717) is 22.5 Å². The molecule has 1 fully saturated rings. The Kier molecular flexibility index (Phi) is 4.91. The predicted octanol–water partition coefficient (Wildman–Crippen LogP) is 4.66. The van der Waals surface area contributed by atoms with Crippen LogP contribution in [0.4, 0.5) is 0 Å². The molecule has 0 aromatic heterocycles. The second-order valence-electron chi connectivity index (χ2n) is 5.31. The van der Waals surface area contributed by atoms with Crippen LogP contribution in [0, 0.1) is 11.8 Å². The number of amides is 1. The molecule has 2 nitrogen and oxygen atoms in total. The minimum absolute atomic E-state index is 0.00836. The molecule has 104 valence electrons. The normalized spacial score (nSPS) is 26.4. The molecule has 0 bridgehead atoms. The molecule has 3 atom stereocenters. The number of halogens is 2. The van der Waals surface area contributed by atoms with E-state index in [-0.39, 0.29) is 5.91 Å². The molecule has 4 heteroatoms. The summed E-state index contributed by atoms with van der Waals surface area (Å²) in [5.41, 5.74) is 0.656. The van der Waals surface area contributed by atoms with Crippen molar-refractivity contribution in [2.45, 2.75) is 39.2 Å². The first-order valence-corrected chi connectivity index (χ1v) is 7.96. The molecule has 0 aliphatic heterocycles. The summed E-state index contributed by atoms with van der Waals surface area (Å²) in [5.74, 6) is 1.29. The van der Waals surface area contributed by atoms with Gasteiger partial charge in [0.2, 0.25) is 0 Å². The fraction of sp³-hybridized carbons (Fsp3) is 0.533. The van der Waals surface area contributed by atoms with E-state index in [1.165, 1.54) is 12.8 Å². The lowest BCUT2D eigenvalue weighted by Gasteiger charge is -2.21. The Bertz CT molecular complexity index is 477. The van der Waals surface area contributed by atoms with Gasteiger partial charge in [0.05, 0.1) is 5.02 Å². The standard InChI is InChI=1S/C15H19BrClNO/c1-3-10-5-7-14(9(10)2)18-15(19)11-4-6-13(17)12(16)8-11/h4,6,8-10,14H,3,5,7H2,1-2H3,(H,18,19). The van der Waals surface area contributed by atoms with Crippen LogP contribution in [0.2, 0.25) is 5.02 Å². The molecular formula is C15H19BrClNO. The Balaban J connectivity index is 2.03. The van der Waals surface area contributed by atoms with Crippen LogP contribution in [0.15, 0.2) is 22.7 Å². The zero-order chi connectivity index (χ0) is 14.0. The van der Waals surface area contributed by atoms with Crippen molar-refractivity contribution in [3.63, 3.8) is 0 Å². The summed E-state index contributed by atoms with van der Waals surface area (Å²) in [4.78, 5) is 12.2. The minimum atomic E-state index is -0.00836. The lowest BCUT2D eigenvalue weighted by atomic mass is 9.93. The van der Waals surface area contributed by atoms with Crippen molar-refractivity contribution >= 4 is 33.4 Å². The number of hydrogen-bond donors (Lipinski definition) is 1. The lowest BCUT2D eigenvalue weighted by molar-refractivity contribution is 0.0926. The third-order valence-corrected chi connectivity index (χ3v) is 5.46. The van der Waals surface area contributed by atoms with E-state index in [1.807, 2.05) is 0 Å². The topological polar surface area (TPSA) is 29.1 Å². The van der Waals surface area contributed by atoms with Crippen molar-refractivity contribution in [1.82, 2.24) is 5.32 Å². The maximum Gasteiger partial charge on any atom is 0.251 e. The van der Waals surface area contributed by atoms with Crippen molar-refractivity contribution < 1.29 is 4.79 Å². The lowest BCUT2D eigenvalue weighted by Crippen LogP contribution is -2.37. The molecule has 0 heterocycles. The van der Waals surface area contributed by atoms with Crippen LogP contribution in [0.25, 0.3) is 0 Å². The molecule has 0 radical (unpaired) electrons. The van der Waals surface area contributed by atoms with Gasteiger partial charge in [-0.1, -0.05) is 31.9 Å². The Hall–Kier alpha value is -0.540. The molecule has 0 saturated heterocycles. The number of rotatable bonds is 3. The van der Waals surface area contributed by atoms with E-state index in [0.717, 1.165) is 16.8 Å². The van der Waals surface area contributed by atoms with E-state index in [2.05, 4.69) is 35.1 Å². The van der Waals surface area contributed by atoms with Gasteiger partial charge < -0.3 is 5.32 Å². The monoisotopic (exact) mass is 343 g/mol. The molecule has 1 N–H and O–H groups in total. The maximum atomic E-state index is 12.2. The van der Waals surface area contributed by atoms with Gasteiger partial charge in [0, 0.05) is 16.1 Å². The van der Waals surface area contributed by atoms with Crippen molar-refractivity contribution in [2.24, 2.45) is 11.8 Å². The predicted molar refractivity (Wildman–Crippen MR) is 82.6 cm³/mol. The smallest absolute Gasteiger partial charge is 0.251 e. The summed E-state index contributed by atoms with van der Waals surface area (Å²) < 4.78 is 0.757. The number of nitrogens with one attached hydrogen (secondary N) is 1. The van der Waals surface area contributed by atoms with E-state index >= 15 is 0 Å². The largest absolute Gasteiger partial charge is 0.349 e. The van der Waals surface area contributed by atoms with Gasteiger partial charge in [0.25, 0.3) is 5.91 Å². The van der Waals surface area contributed by atoms with E-state index in [4.69, 9.17) is 11.6 Å². The number of carbonyl (C=O) groups is 1. The zero-order valence-corrected chi connectivity index (χ0v) is 13.6. The van der Waals surface area contributed by atoms with Crippen LogP contribution in [-0.2, 0) is 0 Å². The maximum absolute atomic E-state index is 12.2. The molecule has 19 heavy (non-hydrogen) atoms. The van der Waals surface area contributed by atoms with E-state index in [9.17, 15) is 4.79 Å². The fourth-order valence-corrected chi connectivity index (χ4v) is 3.41. The Morgan fingerprint density at radius 1 is 1.47 bits per heavy atom.